The normalized spacial score (nSPS) is 31.1. The summed E-state index contributed by atoms with van der Waals surface area (Å²) in [7, 11) is 0. The van der Waals surface area contributed by atoms with Gasteiger partial charge in [0.2, 0.25) is 0 Å². The highest BCUT2D eigenvalue weighted by Gasteiger charge is 2.44. The molecule has 1 nitrogen and oxygen atoms in total. The summed E-state index contributed by atoms with van der Waals surface area (Å²) in [4.78, 5) is 0. The molecule has 0 unspecified atom stereocenters. The maximum Gasteiger partial charge on any atom is 0.422 e. The Morgan fingerprint density at radius 2 is 1.26 bits per heavy atom. The van der Waals surface area contributed by atoms with E-state index in [0.717, 1.165) is 30.9 Å². The molecule has 39 heavy (non-hydrogen) atoms. The topological polar surface area (TPSA) is 9.23 Å². The summed E-state index contributed by atoms with van der Waals surface area (Å²) in [6.07, 6.45) is 6.29. The summed E-state index contributed by atoms with van der Waals surface area (Å²) >= 11 is 0. The first kappa shape index (κ1) is 30.4. The third-order valence-corrected chi connectivity index (χ3v) is 9.31. The van der Waals surface area contributed by atoms with Crippen molar-refractivity contribution >= 4 is 0 Å². The molecule has 1 aromatic carbocycles. The Balaban J connectivity index is 1.17. The molecule has 0 saturated heterocycles. The molecule has 0 amide bonds. The molecule has 0 heterocycles. The number of hydrogen-bond acceptors (Lipinski definition) is 1. The lowest BCUT2D eigenvalue weighted by atomic mass is 9.79. The van der Waals surface area contributed by atoms with E-state index in [0.29, 0.717) is 56.8 Å². The van der Waals surface area contributed by atoms with E-state index in [4.69, 9.17) is 4.74 Å². The first-order chi connectivity index (χ1) is 18.4. The molecule has 3 aliphatic carbocycles. The minimum Gasteiger partial charge on any atom is -0.317 e. The Morgan fingerprint density at radius 1 is 0.744 bits per heavy atom. The van der Waals surface area contributed by atoms with Gasteiger partial charge in [-0.3, -0.25) is 0 Å². The number of ether oxygens (including phenoxy) is 1. The number of aryl methyl sites for hydroxylation is 1. The maximum absolute atomic E-state index is 15.0. The van der Waals surface area contributed by atoms with Crippen molar-refractivity contribution in [1.82, 2.24) is 0 Å². The Morgan fingerprint density at radius 3 is 1.77 bits per heavy atom. The van der Waals surface area contributed by atoms with Crippen LogP contribution in [0.25, 0.3) is 0 Å². The average molecular weight is 563 g/mol. The fourth-order valence-electron chi connectivity index (χ4n) is 6.71. The summed E-state index contributed by atoms with van der Waals surface area (Å²) < 4.78 is 101. The number of rotatable bonds is 8. The SMILES string of the molecule is CC1CCC(/C=C/C2CCC(C(F)(F)OC3CCC(CCc4cc(F)c(C(F)(F)F)c(F)c4)CC3)CC2)CC1. The van der Waals surface area contributed by atoms with E-state index in [9.17, 15) is 22.0 Å². The summed E-state index contributed by atoms with van der Waals surface area (Å²) in [5.41, 5.74) is -1.70. The lowest BCUT2D eigenvalue weighted by molar-refractivity contribution is -0.301. The smallest absolute Gasteiger partial charge is 0.317 e. The fraction of sp³-hybridized carbons (Fsp3) is 0.742. The Hall–Kier alpha value is -1.57. The molecule has 220 valence electrons. The van der Waals surface area contributed by atoms with Crippen LogP contribution < -0.4 is 0 Å². The van der Waals surface area contributed by atoms with Crippen molar-refractivity contribution in [2.75, 3.05) is 0 Å². The highest BCUT2D eigenvalue weighted by atomic mass is 19.4. The summed E-state index contributed by atoms with van der Waals surface area (Å²) in [5.74, 6) is -2.01. The van der Waals surface area contributed by atoms with Gasteiger partial charge in [0.25, 0.3) is 0 Å². The Bertz CT molecular complexity index is 925. The van der Waals surface area contributed by atoms with Gasteiger partial charge in [0.15, 0.2) is 0 Å². The highest BCUT2D eigenvalue weighted by molar-refractivity contribution is 5.28. The number of halogens is 7. The van der Waals surface area contributed by atoms with Crippen molar-refractivity contribution in [2.24, 2.45) is 29.6 Å². The van der Waals surface area contributed by atoms with E-state index in [-0.39, 0.29) is 17.9 Å². The largest absolute Gasteiger partial charge is 0.422 e. The van der Waals surface area contributed by atoms with Crippen LogP contribution in [0, 0.1) is 41.2 Å². The number of hydrogen-bond donors (Lipinski definition) is 0. The van der Waals surface area contributed by atoms with Gasteiger partial charge in [-0.15, -0.1) is 0 Å². The highest BCUT2D eigenvalue weighted by Crippen LogP contribution is 2.43. The lowest BCUT2D eigenvalue weighted by Crippen LogP contribution is -2.39. The van der Waals surface area contributed by atoms with Crippen LogP contribution in [0.15, 0.2) is 24.3 Å². The molecular formula is C31H41F7O. The quantitative estimate of drug-likeness (QED) is 0.226. The molecule has 0 spiro atoms. The molecule has 0 aromatic heterocycles. The number of benzene rings is 1. The van der Waals surface area contributed by atoms with Crippen molar-refractivity contribution in [3.05, 3.63) is 47.0 Å². The zero-order valence-corrected chi connectivity index (χ0v) is 22.7. The monoisotopic (exact) mass is 562 g/mol. The molecule has 4 rings (SSSR count). The third kappa shape index (κ3) is 8.46. The molecule has 3 fully saturated rings. The van der Waals surface area contributed by atoms with Crippen LogP contribution in [0.5, 0.6) is 0 Å². The zero-order chi connectivity index (χ0) is 28.2. The van der Waals surface area contributed by atoms with Crippen LogP contribution >= 0.6 is 0 Å². The standard InChI is InChI=1S/C31H41F7O/c1-20-2-4-21(5-3-20)6-7-22-10-14-25(15-11-22)31(37,38)39-26-16-12-23(13-17-26)8-9-24-18-27(32)29(28(33)19-24)30(34,35)36/h6-7,18-23,25-26H,2-5,8-17H2,1H3/b7-6+. The van der Waals surface area contributed by atoms with Gasteiger partial charge in [-0.2, -0.15) is 22.0 Å². The van der Waals surface area contributed by atoms with Crippen LogP contribution in [0.3, 0.4) is 0 Å². The van der Waals surface area contributed by atoms with Gasteiger partial charge < -0.3 is 4.74 Å². The van der Waals surface area contributed by atoms with Gasteiger partial charge in [-0.05, 0) is 118 Å². The summed E-state index contributed by atoms with van der Waals surface area (Å²) in [6, 6.07) is 1.48. The molecule has 3 aliphatic rings. The van der Waals surface area contributed by atoms with E-state index in [2.05, 4.69) is 19.1 Å². The van der Waals surface area contributed by atoms with E-state index in [1.165, 1.54) is 25.7 Å². The van der Waals surface area contributed by atoms with Crippen LogP contribution in [0.1, 0.15) is 102 Å². The third-order valence-electron chi connectivity index (χ3n) is 9.31. The minimum absolute atomic E-state index is 0.154. The van der Waals surface area contributed by atoms with Crippen LogP contribution in [-0.2, 0) is 17.3 Å². The predicted molar refractivity (Wildman–Crippen MR) is 137 cm³/mol. The Kier molecular flexibility index (Phi) is 10.1. The van der Waals surface area contributed by atoms with Gasteiger partial charge in [-0.1, -0.05) is 31.9 Å². The minimum atomic E-state index is -5.09. The predicted octanol–water partition coefficient (Wildman–Crippen LogP) is 10.3. The number of allylic oxidation sites excluding steroid dienone is 2. The van der Waals surface area contributed by atoms with E-state index >= 15 is 8.78 Å². The lowest BCUT2D eigenvalue weighted by Gasteiger charge is -2.36. The second-order valence-electron chi connectivity index (χ2n) is 12.3. The van der Waals surface area contributed by atoms with Gasteiger partial charge in [0, 0.05) is 0 Å². The van der Waals surface area contributed by atoms with Crippen LogP contribution in [0.4, 0.5) is 30.7 Å². The van der Waals surface area contributed by atoms with Crippen molar-refractivity contribution < 1.29 is 35.5 Å². The molecular weight excluding hydrogens is 521 g/mol. The molecule has 3 saturated carbocycles. The van der Waals surface area contributed by atoms with Gasteiger partial charge in [0.1, 0.15) is 17.2 Å². The van der Waals surface area contributed by atoms with E-state index in [1.807, 2.05) is 0 Å². The zero-order valence-electron chi connectivity index (χ0n) is 22.7. The molecule has 0 radical (unpaired) electrons. The molecule has 0 aliphatic heterocycles. The van der Waals surface area contributed by atoms with Crippen molar-refractivity contribution in [1.29, 1.82) is 0 Å². The molecule has 0 atom stereocenters. The molecule has 8 heteroatoms. The van der Waals surface area contributed by atoms with Gasteiger partial charge in [0.05, 0.1) is 12.0 Å². The second-order valence-corrected chi connectivity index (χ2v) is 12.3. The van der Waals surface area contributed by atoms with Crippen LogP contribution in [-0.4, -0.2) is 12.2 Å². The van der Waals surface area contributed by atoms with E-state index in [1.54, 1.807) is 0 Å². The first-order valence-electron chi connectivity index (χ1n) is 14.7. The molecule has 0 bridgehead atoms. The van der Waals surface area contributed by atoms with Crippen molar-refractivity contribution in [2.45, 2.75) is 115 Å². The first-order valence-corrected chi connectivity index (χ1v) is 14.7. The number of alkyl halides is 5. The van der Waals surface area contributed by atoms with Crippen LogP contribution in [0.2, 0.25) is 0 Å². The Labute approximate surface area is 227 Å². The maximum atomic E-state index is 15.0. The second kappa shape index (κ2) is 12.9. The molecule has 1 aromatic rings. The summed E-state index contributed by atoms with van der Waals surface area (Å²) in [5, 5.41) is 0. The van der Waals surface area contributed by atoms with Gasteiger partial charge >= 0.3 is 12.3 Å². The molecule has 0 N–H and O–H groups in total. The summed E-state index contributed by atoms with van der Waals surface area (Å²) in [6.45, 7) is 2.30. The van der Waals surface area contributed by atoms with Crippen molar-refractivity contribution in [3.63, 3.8) is 0 Å². The van der Waals surface area contributed by atoms with E-state index < -0.39 is 41.5 Å². The fourth-order valence-corrected chi connectivity index (χ4v) is 6.71. The van der Waals surface area contributed by atoms with Gasteiger partial charge in [-0.25, -0.2) is 8.78 Å². The van der Waals surface area contributed by atoms with Crippen molar-refractivity contribution in [3.8, 4) is 0 Å². The average Bonchev–Trinajstić information content (AvgIpc) is 2.87.